The number of imide groups is 1. The Kier molecular flexibility index (Phi) is 4.19. The topological polar surface area (TPSA) is 58.2 Å². The highest BCUT2D eigenvalue weighted by Crippen LogP contribution is 2.22. The van der Waals surface area contributed by atoms with Crippen LogP contribution in [-0.2, 0) is 0 Å². The molecule has 1 aromatic heterocycles. The second-order valence-corrected chi connectivity index (χ2v) is 5.15. The molecule has 0 radical (unpaired) electrons. The maximum Gasteiger partial charge on any atom is 0.326 e. The van der Waals surface area contributed by atoms with Crippen LogP contribution in [0.1, 0.15) is 15.2 Å². The quantitative estimate of drug-likeness (QED) is 0.888. The largest absolute Gasteiger partial charge is 0.326 e. The van der Waals surface area contributed by atoms with Gasteiger partial charge in [0.15, 0.2) is 0 Å². The summed E-state index contributed by atoms with van der Waals surface area (Å²) in [5.41, 5.74) is 1.33. The Bertz CT molecular complexity index is 611. The van der Waals surface area contributed by atoms with Crippen molar-refractivity contribution in [1.29, 1.82) is 0 Å². The van der Waals surface area contributed by atoms with Crippen molar-refractivity contribution in [3.63, 3.8) is 0 Å². The van der Waals surface area contributed by atoms with E-state index in [-0.39, 0.29) is 0 Å². The van der Waals surface area contributed by atoms with E-state index >= 15 is 0 Å². The summed E-state index contributed by atoms with van der Waals surface area (Å²) in [6.45, 7) is 1.79. The zero-order chi connectivity index (χ0) is 13.8. The maximum absolute atomic E-state index is 11.7. The van der Waals surface area contributed by atoms with Crippen molar-refractivity contribution in [3.05, 3.63) is 51.2 Å². The summed E-state index contributed by atoms with van der Waals surface area (Å²) >= 11 is 7.22. The molecule has 0 bridgehead atoms. The van der Waals surface area contributed by atoms with Gasteiger partial charge >= 0.3 is 6.03 Å². The van der Waals surface area contributed by atoms with Crippen molar-refractivity contribution in [2.45, 2.75) is 6.92 Å². The van der Waals surface area contributed by atoms with Crippen LogP contribution in [0.2, 0.25) is 5.02 Å². The molecule has 0 aliphatic heterocycles. The van der Waals surface area contributed by atoms with Crippen molar-refractivity contribution in [2.24, 2.45) is 0 Å². The van der Waals surface area contributed by atoms with E-state index < -0.39 is 11.9 Å². The van der Waals surface area contributed by atoms with Gasteiger partial charge in [-0.2, -0.15) is 0 Å². The van der Waals surface area contributed by atoms with E-state index in [1.54, 1.807) is 42.6 Å². The van der Waals surface area contributed by atoms with E-state index in [9.17, 15) is 9.59 Å². The van der Waals surface area contributed by atoms with E-state index in [1.165, 1.54) is 11.3 Å². The number of hydrogen-bond acceptors (Lipinski definition) is 3. The molecule has 0 fully saturated rings. The molecule has 1 aromatic carbocycles. The maximum atomic E-state index is 11.7. The van der Waals surface area contributed by atoms with Crippen LogP contribution in [-0.4, -0.2) is 11.9 Å². The molecule has 98 valence electrons. The van der Waals surface area contributed by atoms with Gasteiger partial charge in [-0.3, -0.25) is 10.1 Å². The van der Waals surface area contributed by atoms with Crippen LogP contribution >= 0.6 is 22.9 Å². The van der Waals surface area contributed by atoms with Gasteiger partial charge in [0.05, 0.1) is 4.88 Å². The molecule has 0 atom stereocenters. The van der Waals surface area contributed by atoms with E-state index in [0.717, 1.165) is 5.56 Å². The third-order valence-corrected chi connectivity index (χ3v) is 3.77. The minimum atomic E-state index is -0.580. The molecule has 0 saturated heterocycles. The van der Waals surface area contributed by atoms with Crippen LogP contribution in [0.5, 0.6) is 0 Å². The summed E-state index contributed by atoms with van der Waals surface area (Å²) < 4.78 is 0. The Morgan fingerprint density at radius 2 is 2.00 bits per heavy atom. The van der Waals surface area contributed by atoms with Crippen molar-refractivity contribution in [3.8, 4) is 0 Å². The summed E-state index contributed by atoms with van der Waals surface area (Å²) in [6.07, 6.45) is 0. The number of halogens is 1. The molecule has 2 aromatic rings. The number of nitrogens with one attached hydrogen (secondary N) is 2. The molecule has 3 amide bonds. The van der Waals surface area contributed by atoms with Crippen molar-refractivity contribution in [2.75, 3.05) is 5.32 Å². The van der Waals surface area contributed by atoms with E-state index in [0.29, 0.717) is 15.6 Å². The summed E-state index contributed by atoms with van der Waals surface area (Å²) in [7, 11) is 0. The Hall–Kier alpha value is -1.85. The molecule has 6 heteroatoms. The third kappa shape index (κ3) is 3.33. The number of urea groups is 1. The molecule has 0 aliphatic rings. The van der Waals surface area contributed by atoms with Crippen molar-refractivity contribution in [1.82, 2.24) is 5.32 Å². The first-order valence-corrected chi connectivity index (χ1v) is 6.74. The first kappa shape index (κ1) is 13.6. The highest BCUT2D eigenvalue weighted by molar-refractivity contribution is 7.12. The molecule has 2 N–H and O–H groups in total. The minimum Gasteiger partial charge on any atom is -0.307 e. The fourth-order valence-corrected chi connectivity index (χ4v) is 2.26. The zero-order valence-corrected chi connectivity index (χ0v) is 11.6. The number of rotatable bonds is 2. The van der Waals surface area contributed by atoms with Gasteiger partial charge in [0.1, 0.15) is 0 Å². The highest BCUT2D eigenvalue weighted by atomic mass is 35.5. The van der Waals surface area contributed by atoms with Gasteiger partial charge < -0.3 is 5.32 Å². The van der Waals surface area contributed by atoms with Crippen LogP contribution < -0.4 is 10.6 Å². The first-order chi connectivity index (χ1) is 9.08. The molecular weight excluding hydrogens is 284 g/mol. The molecule has 19 heavy (non-hydrogen) atoms. The molecule has 1 heterocycles. The molecular formula is C13H11ClN2O2S. The second kappa shape index (κ2) is 5.86. The lowest BCUT2D eigenvalue weighted by Crippen LogP contribution is -2.34. The summed E-state index contributed by atoms with van der Waals surface area (Å²) in [6, 6.07) is 8.00. The van der Waals surface area contributed by atoms with Crippen LogP contribution in [0.15, 0.2) is 35.7 Å². The summed E-state index contributed by atoms with van der Waals surface area (Å²) in [5.74, 6) is -0.424. The van der Waals surface area contributed by atoms with Crippen LogP contribution in [0.25, 0.3) is 0 Å². The lowest BCUT2D eigenvalue weighted by atomic mass is 10.2. The molecule has 0 spiro atoms. The summed E-state index contributed by atoms with van der Waals surface area (Å²) in [4.78, 5) is 23.9. The number of thiophene rings is 1. The number of carbonyl (C=O) groups excluding carboxylic acids is 2. The van der Waals surface area contributed by atoms with Crippen LogP contribution in [0, 0.1) is 6.92 Å². The predicted molar refractivity (Wildman–Crippen MR) is 77.0 cm³/mol. The fourth-order valence-electron chi connectivity index (χ4n) is 1.47. The van der Waals surface area contributed by atoms with Gasteiger partial charge in [-0.25, -0.2) is 4.79 Å². The van der Waals surface area contributed by atoms with E-state index in [4.69, 9.17) is 11.6 Å². The predicted octanol–water partition coefficient (Wildman–Crippen LogP) is 3.67. The Labute approximate surface area is 119 Å². The van der Waals surface area contributed by atoms with Gasteiger partial charge in [0.2, 0.25) is 0 Å². The molecule has 0 saturated carbocycles. The van der Waals surface area contributed by atoms with Gasteiger partial charge in [-0.1, -0.05) is 23.7 Å². The standard InChI is InChI=1S/C13H11ClN2O2S/c1-8-9(14)4-2-5-10(8)15-13(18)16-12(17)11-6-3-7-19-11/h2-7H,1H3,(H2,15,16,17,18). The second-order valence-electron chi connectivity index (χ2n) is 3.80. The van der Waals surface area contributed by atoms with E-state index in [2.05, 4.69) is 10.6 Å². The van der Waals surface area contributed by atoms with Gasteiger partial charge in [-0.15, -0.1) is 11.3 Å². The third-order valence-electron chi connectivity index (χ3n) is 2.49. The monoisotopic (exact) mass is 294 g/mol. The van der Waals surface area contributed by atoms with Gasteiger partial charge in [0, 0.05) is 10.7 Å². The summed E-state index contributed by atoms with van der Waals surface area (Å²) in [5, 5.41) is 7.18. The Morgan fingerprint density at radius 3 is 2.68 bits per heavy atom. The lowest BCUT2D eigenvalue weighted by Gasteiger charge is -2.09. The fraction of sp³-hybridized carbons (Fsp3) is 0.0769. The number of benzene rings is 1. The Morgan fingerprint density at radius 1 is 1.21 bits per heavy atom. The number of hydrogen-bond donors (Lipinski definition) is 2. The SMILES string of the molecule is Cc1c(Cl)cccc1NC(=O)NC(=O)c1cccs1. The normalized spacial score (nSPS) is 10.0. The van der Waals surface area contributed by atoms with Crippen LogP contribution in [0.4, 0.5) is 10.5 Å². The smallest absolute Gasteiger partial charge is 0.307 e. The number of anilines is 1. The zero-order valence-electron chi connectivity index (χ0n) is 10.1. The van der Waals surface area contributed by atoms with Gasteiger partial charge in [-0.05, 0) is 36.1 Å². The number of carbonyl (C=O) groups is 2. The minimum absolute atomic E-state index is 0.424. The average Bonchev–Trinajstić information content (AvgIpc) is 2.88. The lowest BCUT2D eigenvalue weighted by molar-refractivity contribution is 0.0971. The molecule has 2 rings (SSSR count). The average molecular weight is 295 g/mol. The van der Waals surface area contributed by atoms with Crippen molar-refractivity contribution < 1.29 is 9.59 Å². The number of amides is 3. The van der Waals surface area contributed by atoms with Gasteiger partial charge in [0.25, 0.3) is 5.91 Å². The van der Waals surface area contributed by atoms with Crippen molar-refractivity contribution >= 4 is 40.6 Å². The van der Waals surface area contributed by atoms with E-state index in [1.807, 2.05) is 0 Å². The molecule has 4 nitrogen and oxygen atoms in total. The molecule has 0 aliphatic carbocycles. The first-order valence-electron chi connectivity index (χ1n) is 5.49. The Balaban J connectivity index is 2.02. The molecule has 0 unspecified atom stereocenters. The highest BCUT2D eigenvalue weighted by Gasteiger charge is 2.12. The van der Waals surface area contributed by atoms with Crippen LogP contribution in [0.3, 0.4) is 0 Å².